The Balaban J connectivity index is 3.15. The minimum Gasteiger partial charge on any atom is -0.375 e. The van der Waals surface area contributed by atoms with Gasteiger partial charge in [-0.3, -0.25) is 4.79 Å². The molecular formula is C5H7N3OS. The Labute approximate surface area is 61.9 Å². The number of carbonyl (C=O) groups excluding carboxylic acids is 1. The molecule has 0 aliphatic carbocycles. The maximum absolute atomic E-state index is 10.5. The normalized spacial score (nSPS) is 9.70. The number of primary amides is 1. The summed E-state index contributed by atoms with van der Waals surface area (Å²) in [5.41, 5.74) is 10.6. The number of nitrogens with two attached hydrogens (primary N) is 2. The van der Waals surface area contributed by atoms with Crippen LogP contribution in [0, 0.1) is 6.92 Å². The lowest BCUT2D eigenvalue weighted by Crippen LogP contribution is -2.12. The molecule has 1 aromatic rings. The zero-order valence-corrected chi connectivity index (χ0v) is 6.23. The molecule has 0 radical (unpaired) electrons. The second-order valence-electron chi connectivity index (χ2n) is 1.82. The van der Waals surface area contributed by atoms with Crippen LogP contribution in [0.5, 0.6) is 0 Å². The molecule has 0 fully saturated rings. The van der Waals surface area contributed by atoms with Gasteiger partial charge in [0, 0.05) is 4.88 Å². The highest BCUT2D eigenvalue weighted by atomic mass is 32.1. The Morgan fingerprint density at radius 2 is 2.30 bits per heavy atom. The highest BCUT2D eigenvalue weighted by Gasteiger charge is 2.09. The van der Waals surface area contributed by atoms with Crippen LogP contribution < -0.4 is 11.5 Å². The summed E-state index contributed by atoms with van der Waals surface area (Å²) in [6, 6.07) is 0. The van der Waals surface area contributed by atoms with E-state index in [2.05, 4.69) is 4.98 Å². The number of thiazole rings is 1. The van der Waals surface area contributed by atoms with E-state index in [4.69, 9.17) is 11.5 Å². The fourth-order valence-electron chi connectivity index (χ4n) is 0.646. The first kappa shape index (κ1) is 7.01. The van der Waals surface area contributed by atoms with E-state index in [1.165, 1.54) is 11.3 Å². The van der Waals surface area contributed by atoms with E-state index < -0.39 is 5.91 Å². The average molecular weight is 157 g/mol. The van der Waals surface area contributed by atoms with Crippen LogP contribution in [0.4, 0.5) is 5.13 Å². The number of aryl methyl sites for hydroxylation is 1. The molecule has 1 heterocycles. The van der Waals surface area contributed by atoms with Gasteiger partial charge in [-0.25, -0.2) is 4.98 Å². The van der Waals surface area contributed by atoms with Crippen LogP contribution in [0.3, 0.4) is 0 Å². The summed E-state index contributed by atoms with van der Waals surface area (Å²) in [5.74, 6) is -0.523. The van der Waals surface area contributed by atoms with Crippen molar-refractivity contribution in [3.63, 3.8) is 0 Å². The van der Waals surface area contributed by atoms with Gasteiger partial charge in [-0.1, -0.05) is 0 Å². The van der Waals surface area contributed by atoms with Gasteiger partial charge in [0.15, 0.2) is 5.13 Å². The van der Waals surface area contributed by atoms with E-state index in [1.807, 2.05) is 0 Å². The lowest BCUT2D eigenvalue weighted by atomic mass is 10.4. The Bertz CT molecular complexity index is 268. The fraction of sp³-hybridized carbons (Fsp3) is 0.200. The predicted octanol–water partition coefficient (Wildman–Crippen LogP) is 0.133. The maximum atomic E-state index is 10.5. The van der Waals surface area contributed by atoms with E-state index >= 15 is 0 Å². The molecule has 4 N–H and O–H groups in total. The fourth-order valence-corrected chi connectivity index (χ4v) is 1.34. The van der Waals surface area contributed by atoms with Gasteiger partial charge >= 0.3 is 0 Å². The molecule has 5 heteroatoms. The summed E-state index contributed by atoms with van der Waals surface area (Å²) in [6.45, 7) is 1.76. The van der Waals surface area contributed by atoms with Crippen LogP contribution in [0.1, 0.15) is 15.4 Å². The van der Waals surface area contributed by atoms with Gasteiger partial charge in [0.05, 0.1) is 0 Å². The Hall–Kier alpha value is -1.10. The monoisotopic (exact) mass is 157 g/mol. The van der Waals surface area contributed by atoms with E-state index in [1.54, 1.807) is 6.92 Å². The van der Waals surface area contributed by atoms with Crippen molar-refractivity contribution < 1.29 is 4.79 Å². The lowest BCUT2D eigenvalue weighted by molar-refractivity contribution is 0.0996. The van der Waals surface area contributed by atoms with Gasteiger partial charge in [-0.2, -0.15) is 0 Å². The molecule has 4 nitrogen and oxygen atoms in total. The SMILES string of the molecule is Cc1sc(N)nc1C(N)=O. The lowest BCUT2D eigenvalue weighted by Gasteiger charge is -1.85. The third kappa shape index (κ3) is 1.08. The molecule has 0 unspecified atom stereocenters. The molecule has 1 rings (SSSR count). The van der Waals surface area contributed by atoms with Crippen molar-refractivity contribution in [2.45, 2.75) is 6.92 Å². The molecule has 0 aliphatic rings. The first-order chi connectivity index (χ1) is 4.61. The molecule has 10 heavy (non-hydrogen) atoms. The molecule has 0 saturated carbocycles. The predicted molar refractivity (Wildman–Crippen MR) is 39.8 cm³/mol. The Kier molecular flexibility index (Phi) is 1.58. The summed E-state index contributed by atoms with van der Waals surface area (Å²) < 4.78 is 0. The van der Waals surface area contributed by atoms with E-state index in [-0.39, 0.29) is 5.69 Å². The number of nitrogen functional groups attached to an aromatic ring is 1. The van der Waals surface area contributed by atoms with Crippen LogP contribution in [0.15, 0.2) is 0 Å². The third-order valence-corrected chi connectivity index (χ3v) is 1.85. The van der Waals surface area contributed by atoms with Crippen LogP contribution in [0.25, 0.3) is 0 Å². The first-order valence-corrected chi connectivity index (χ1v) is 3.45. The van der Waals surface area contributed by atoms with Gasteiger partial charge in [0.25, 0.3) is 5.91 Å². The number of nitrogens with zero attached hydrogens (tertiary/aromatic N) is 1. The molecule has 0 saturated heterocycles. The number of anilines is 1. The van der Waals surface area contributed by atoms with Crippen molar-refractivity contribution in [1.82, 2.24) is 4.98 Å². The number of hydrogen-bond donors (Lipinski definition) is 2. The van der Waals surface area contributed by atoms with Crippen molar-refractivity contribution in [2.24, 2.45) is 5.73 Å². The molecule has 1 aromatic heterocycles. The molecule has 0 aliphatic heterocycles. The molecular weight excluding hydrogens is 150 g/mol. The minimum absolute atomic E-state index is 0.280. The van der Waals surface area contributed by atoms with Crippen molar-refractivity contribution >= 4 is 22.4 Å². The van der Waals surface area contributed by atoms with Gasteiger partial charge in [-0.05, 0) is 6.92 Å². The van der Waals surface area contributed by atoms with Crippen molar-refractivity contribution in [2.75, 3.05) is 5.73 Å². The zero-order valence-electron chi connectivity index (χ0n) is 5.42. The number of aromatic nitrogens is 1. The second kappa shape index (κ2) is 2.26. The van der Waals surface area contributed by atoms with E-state index in [9.17, 15) is 4.79 Å². The molecule has 1 amide bonds. The molecule has 0 bridgehead atoms. The topological polar surface area (TPSA) is 82.0 Å². The number of rotatable bonds is 1. The highest BCUT2D eigenvalue weighted by Crippen LogP contribution is 2.17. The molecule has 0 spiro atoms. The Morgan fingerprint density at radius 3 is 2.50 bits per heavy atom. The summed E-state index contributed by atoms with van der Waals surface area (Å²) in [6.07, 6.45) is 0. The molecule has 0 atom stereocenters. The largest absolute Gasteiger partial charge is 0.375 e. The highest BCUT2D eigenvalue weighted by molar-refractivity contribution is 7.15. The second-order valence-corrected chi connectivity index (χ2v) is 3.06. The van der Waals surface area contributed by atoms with Crippen molar-refractivity contribution in [3.8, 4) is 0 Å². The van der Waals surface area contributed by atoms with Gasteiger partial charge in [0.1, 0.15) is 5.69 Å². The summed E-state index contributed by atoms with van der Waals surface area (Å²) in [4.78, 5) is 15.0. The van der Waals surface area contributed by atoms with Crippen LogP contribution in [-0.2, 0) is 0 Å². The number of hydrogen-bond acceptors (Lipinski definition) is 4. The Morgan fingerprint density at radius 1 is 1.70 bits per heavy atom. The zero-order chi connectivity index (χ0) is 7.72. The summed E-state index contributed by atoms with van der Waals surface area (Å²) >= 11 is 1.26. The molecule has 54 valence electrons. The van der Waals surface area contributed by atoms with Crippen molar-refractivity contribution in [3.05, 3.63) is 10.6 Å². The van der Waals surface area contributed by atoms with Crippen molar-refractivity contribution in [1.29, 1.82) is 0 Å². The van der Waals surface area contributed by atoms with Crippen LogP contribution >= 0.6 is 11.3 Å². The van der Waals surface area contributed by atoms with E-state index in [0.717, 1.165) is 4.88 Å². The summed E-state index contributed by atoms with van der Waals surface area (Å²) in [5, 5.41) is 0.381. The first-order valence-electron chi connectivity index (χ1n) is 2.64. The number of carbonyl (C=O) groups is 1. The summed E-state index contributed by atoms with van der Waals surface area (Å²) in [7, 11) is 0. The van der Waals surface area contributed by atoms with Gasteiger partial charge < -0.3 is 11.5 Å². The average Bonchev–Trinajstić information content (AvgIpc) is 2.10. The van der Waals surface area contributed by atoms with E-state index in [0.29, 0.717) is 5.13 Å². The molecule has 0 aromatic carbocycles. The maximum Gasteiger partial charge on any atom is 0.268 e. The van der Waals surface area contributed by atoms with Gasteiger partial charge in [0.2, 0.25) is 0 Å². The third-order valence-electron chi connectivity index (χ3n) is 1.05. The van der Waals surface area contributed by atoms with Crippen LogP contribution in [0.2, 0.25) is 0 Å². The smallest absolute Gasteiger partial charge is 0.268 e. The minimum atomic E-state index is -0.523. The number of amides is 1. The quantitative estimate of drug-likeness (QED) is 0.608. The van der Waals surface area contributed by atoms with Gasteiger partial charge in [-0.15, -0.1) is 11.3 Å². The standard InChI is InChI=1S/C5H7N3OS/c1-2-3(4(6)9)8-5(7)10-2/h1H3,(H2,6,9)(H2,7,8). The van der Waals surface area contributed by atoms with Crippen LogP contribution in [-0.4, -0.2) is 10.9 Å².